The van der Waals surface area contributed by atoms with Crippen LogP contribution in [0.4, 0.5) is 4.79 Å². The molecule has 2 saturated heterocycles. The smallest absolute Gasteiger partial charge is 0.444 e. The first-order valence-electron chi connectivity index (χ1n) is 12.4. The largest absolute Gasteiger partial charge is 0.495 e. The zero-order chi connectivity index (χ0) is 25.8. The number of nitrogens with zero attached hydrogens (tertiary/aromatic N) is 2. The van der Waals surface area contributed by atoms with Gasteiger partial charge in [-0.25, -0.2) is 4.79 Å². The first-order valence-corrected chi connectivity index (χ1v) is 12.4. The fourth-order valence-corrected chi connectivity index (χ4v) is 4.53. The van der Waals surface area contributed by atoms with Crippen molar-refractivity contribution in [1.29, 1.82) is 0 Å². The van der Waals surface area contributed by atoms with E-state index in [1.807, 2.05) is 96.7 Å². The van der Waals surface area contributed by atoms with E-state index in [1.54, 1.807) is 4.90 Å². The normalized spacial score (nSPS) is 21.9. The van der Waals surface area contributed by atoms with Crippen LogP contribution in [0.25, 0.3) is 10.8 Å². The maximum absolute atomic E-state index is 13.3. The average Bonchev–Trinajstić information content (AvgIpc) is 2.97. The van der Waals surface area contributed by atoms with Gasteiger partial charge in [-0.1, -0.05) is 24.3 Å². The summed E-state index contributed by atoms with van der Waals surface area (Å²) < 4.78 is 18.0. The second-order valence-electron chi connectivity index (χ2n) is 11.6. The van der Waals surface area contributed by atoms with Crippen molar-refractivity contribution in [3.63, 3.8) is 0 Å². The van der Waals surface area contributed by atoms with Gasteiger partial charge in [0.25, 0.3) is 5.91 Å². The second-order valence-corrected chi connectivity index (χ2v) is 11.6. The van der Waals surface area contributed by atoms with Gasteiger partial charge in [-0.15, -0.1) is 0 Å². The van der Waals surface area contributed by atoms with Gasteiger partial charge in [-0.2, -0.15) is 0 Å². The molecule has 4 rings (SSSR count). The van der Waals surface area contributed by atoms with E-state index in [0.717, 1.165) is 16.2 Å². The lowest BCUT2D eigenvalue weighted by molar-refractivity contribution is 0.00198. The summed E-state index contributed by atoms with van der Waals surface area (Å²) in [6, 6.07) is 11.6. The van der Waals surface area contributed by atoms with Crippen LogP contribution < -0.4 is 5.46 Å². The second kappa shape index (κ2) is 8.82. The molecule has 0 spiro atoms. The number of amides is 2. The molecule has 2 aromatic rings. The molecule has 2 aromatic carbocycles. The Labute approximate surface area is 208 Å². The standard InChI is InChI=1S/C27H37BN2O5/c1-18-17-29(14-15-30(18)24(32)33-25(2,3)4)23(31)20-12-13-21-19(16-20)10-9-11-22(21)28-34-26(5,6)27(7,8)35-28/h9-13,16,18H,14-15,17H2,1-8H3/t18-/m1/s1. The molecule has 188 valence electrons. The minimum absolute atomic E-state index is 0.0383. The molecule has 7 nitrogen and oxygen atoms in total. The fourth-order valence-electron chi connectivity index (χ4n) is 4.53. The van der Waals surface area contributed by atoms with E-state index in [-0.39, 0.29) is 18.0 Å². The minimum Gasteiger partial charge on any atom is -0.444 e. The Kier molecular flexibility index (Phi) is 6.43. The SMILES string of the molecule is C[C@@H]1CN(C(=O)c2ccc3c(B4OC(C)(C)C(C)(C)O4)cccc3c2)CCN1C(=O)OC(C)(C)C. The molecule has 2 heterocycles. The third kappa shape index (κ3) is 5.05. The van der Waals surface area contributed by atoms with Crippen LogP contribution in [0, 0.1) is 0 Å². The third-order valence-corrected chi connectivity index (χ3v) is 7.21. The number of carbonyl (C=O) groups is 2. The summed E-state index contributed by atoms with van der Waals surface area (Å²) in [6.07, 6.45) is -0.335. The highest BCUT2D eigenvalue weighted by Crippen LogP contribution is 2.37. The molecule has 0 radical (unpaired) electrons. The van der Waals surface area contributed by atoms with Gasteiger partial charge in [0.2, 0.25) is 0 Å². The van der Waals surface area contributed by atoms with Crippen LogP contribution in [0.15, 0.2) is 36.4 Å². The van der Waals surface area contributed by atoms with Crippen LogP contribution in [0.5, 0.6) is 0 Å². The van der Waals surface area contributed by atoms with Gasteiger partial charge >= 0.3 is 13.2 Å². The molecule has 8 heteroatoms. The summed E-state index contributed by atoms with van der Waals surface area (Å²) in [7, 11) is -0.466. The van der Waals surface area contributed by atoms with Crippen molar-refractivity contribution >= 4 is 35.4 Å². The van der Waals surface area contributed by atoms with Gasteiger partial charge in [0.1, 0.15) is 5.60 Å². The Hall–Kier alpha value is -2.58. The highest BCUT2D eigenvalue weighted by atomic mass is 16.7. The monoisotopic (exact) mass is 480 g/mol. The van der Waals surface area contributed by atoms with E-state index in [1.165, 1.54) is 0 Å². The van der Waals surface area contributed by atoms with E-state index >= 15 is 0 Å². The Bertz CT molecular complexity index is 1120. The lowest BCUT2D eigenvalue weighted by atomic mass is 9.76. The third-order valence-electron chi connectivity index (χ3n) is 7.21. The summed E-state index contributed by atoms with van der Waals surface area (Å²) in [5.41, 5.74) is 0.191. The minimum atomic E-state index is -0.548. The van der Waals surface area contributed by atoms with E-state index in [9.17, 15) is 9.59 Å². The van der Waals surface area contributed by atoms with Crippen LogP contribution >= 0.6 is 0 Å². The molecule has 0 N–H and O–H groups in total. The molecule has 1 atom stereocenters. The van der Waals surface area contributed by atoms with Crippen molar-refractivity contribution in [2.75, 3.05) is 19.6 Å². The number of piperazine rings is 1. The van der Waals surface area contributed by atoms with Crippen molar-refractivity contribution < 1.29 is 23.6 Å². The van der Waals surface area contributed by atoms with Crippen molar-refractivity contribution in [2.45, 2.75) is 78.2 Å². The number of benzene rings is 2. The van der Waals surface area contributed by atoms with Gasteiger partial charge in [-0.05, 0) is 83.8 Å². The average molecular weight is 480 g/mol. The lowest BCUT2D eigenvalue weighted by Gasteiger charge is -2.40. The van der Waals surface area contributed by atoms with Gasteiger partial charge in [-0.3, -0.25) is 4.79 Å². The maximum atomic E-state index is 13.3. The number of ether oxygens (including phenoxy) is 1. The fraction of sp³-hybridized carbons (Fsp3) is 0.556. The number of hydrogen-bond acceptors (Lipinski definition) is 5. The summed E-state index contributed by atoms with van der Waals surface area (Å²) in [5, 5.41) is 1.97. The van der Waals surface area contributed by atoms with Crippen LogP contribution in [-0.4, -0.2) is 71.4 Å². The quantitative estimate of drug-likeness (QED) is 0.603. The zero-order valence-corrected chi connectivity index (χ0v) is 22.2. The first kappa shape index (κ1) is 25.5. The van der Waals surface area contributed by atoms with E-state index < -0.39 is 23.9 Å². The zero-order valence-electron chi connectivity index (χ0n) is 22.2. The Balaban J connectivity index is 1.51. The number of carbonyl (C=O) groups excluding carboxylic acids is 2. The highest BCUT2D eigenvalue weighted by Gasteiger charge is 2.52. The number of rotatable bonds is 2. The number of hydrogen-bond donors (Lipinski definition) is 0. The molecular weight excluding hydrogens is 443 g/mol. The van der Waals surface area contributed by atoms with E-state index in [2.05, 4.69) is 0 Å². The molecule has 2 aliphatic heterocycles. The van der Waals surface area contributed by atoms with E-state index in [0.29, 0.717) is 25.2 Å². The van der Waals surface area contributed by atoms with E-state index in [4.69, 9.17) is 14.0 Å². The molecule has 0 bridgehead atoms. The molecule has 2 amide bonds. The van der Waals surface area contributed by atoms with Gasteiger partial charge in [0, 0.05) is 31.2 Å². The van der Waals surface area contributed by atoms with Crippen molar-refractivity contribution in [1.82, 2.24) is 9.80 Å². The van der Waals surface area contributed by atoms with Gasteiger partial charge in [0.05, 0.1) is 11.2 Å². The summed E-state index contributed by atoms with van der Waals surface area (Å²) >= 11 is 0. The summed E-state index contributed by atoms with van der Waals surface area (Å²) in [5.74, 6) is -0.0383. The lowest BCUT2D eigenvalue weighted by Crippen LogP contribution is -2.56. The van der Waals surface area contributed by atoms with Crippen LogP contribution in [0.2, 0.25) is 0 Å². The molecule has 35 heavy (non-hydrogen) atoms. The predicted octanol–water partition coefficient (Wildman–Crippen LogP) is 4.22. The Morgan fingerprint density at radius 2 is 1.69 bits per heavy atom. The molecule has 0 aromatic heterocycles. The maximum Gasteiger partial charge on any atom is 0.495 e. The van der Waals surface area contributed by atoms with Gasteiger partial charge < -0.3 is 23.8 Å². The topological polar surface area (TPSA) is 68.3 Å². The predicted molar refractivity (Wildman–Crippen MR) is 138 cm³/mol. The van der Waals surface area contributed by atoms with Crippen molar-refractivity contribution in [2.24, 2.45) is 0 Å². The first-order chi connectivity index (χ1) is 16.2. The van der Waals surface area contributed by atoms with Crippen LogP contribution in [0.3, 0.4) is 0 Å². The van der Waals surface area contributed by atoms with Crippen molar-refractivity contribution in [3.8, 4) is 0 Å². The molecule has 0 unspecified atom stereocenters. The molecule has 0 aliphatic carbocycles. The van der Waals surface area contributed by atoms with Gasteiger partial charge in [0.15, 0.2) is 0 Å². The van der Waals surface area contributed by atoms with Crippen molar-refractivity contribution in [3.05, 3.63) is 42.0 Å². The van der Waals surface area contributed by atoms with Crippen LogP contribution in [-0.2, 0) is 14.0 Å². The number of fused-ring (bicyclic) bond motifs is 1. The molecular formula is C27H37BN2O5. The summed E-state index contributed by atoms with van der Waals surface area (Å²) in [6.45, 7) is 17.0. The Morgan fingerprint density at radius 3 is 2.29 bits per heavy atom. The summed E-state index contributed by atoms with van der Waals surface area (Å²) in [4.78, 5) is 29.4. The molecule has 2 fully saturated rings. The molecule has 2 aliphatic rings. The Morgan fingerprint density at radius 1 is 1.03 bits per heavy atom. The van der Waals surface area contributed by atoms with Crippen LogP contribution in [0.1, 0.15) is 65.7 Å². The highest BCUT2D eigenvalue weighted by molar-refractivity contribution is 6.65. The molecule has 0 saturated carbocycles.